The zero-order valence-corrected chi connectivity index (χ0v) is 22.9. The molecule has 6 rings (SSSR count). The van der Waals surface area contributed by atoms with Crippen molar-refractivity contribution >= 4 is 23.1 Å². The molecule has 3 heterocycles. The summed E-state index contributed by atoms with van der Waals surface area (Å²) in [5.74, 6) is -1.21. The standard InChI is InChI=1S/C33H30N6O3/c1-39-27(17-19-36-39)31(40)38-30(28(22-8-4-2-5-9-22)23-10-6-3-7-11-23)33(42)37-24-14-12-21(13-15-24)26-20-35-32(41)29-25(26)16-18-34-29/h2-20,28,30,32,34-35,41H,1H3,(H,37,42)(H,38,40)/t30-,32?/m0/s1. The molecule has 2 aromatic heterocycles. The molecule has 9 nitrogen and oxygen atoms in total. The second-order valence-electron chi connectivity index (χ2n) is 10.1. The van der Waals surface area contributed by atoms with Crippen LogP contribution in [0.5, 0.6) is 0 Å². The Bertz CT molecular complexity index is 1680. The molecular formula is C33H30N6O3. The first-order valence-electron chi connectivity index (χ1n) is 13.6. The summed E-state index contributed by atoms with van der Waals surface area (Å²) in [5, 5.41) is 23.3. The van der Waals surface area contributed by atoms with Crippen molar-refractivity contribution in [1.29, 1.82) is 0 Å². The number of nitrogens with one attached hydrogen (secondary N) is 4. The van der Waals surface area contributed by atoms with Crippen LogP contribution in [0.25, 0.3) is 5.57 Å². The fourth-order valence-electron chi connectivity index (χ4n) is 5.37. The molecular weight excluding hydrogens is 528 g/mol. The molecule has 0 aliphatic carbocycles. The SMILES string of the molecule is Cn1nccc1C(=O)N[C@H](C(=O)Nc1ccc(C2=CNC(O)c3[nH]ccc32)cc1)C(c1ccccc1)c1ccccc1. The molecule has 0 saturated carbocycles. The number of H-pyrrole nitrogens is 1. The van der Waals surface area contributed by atoms with Crippen LogP contribution in [0.3, 0.4) is 0 Å². The highest BCUT2D eigenvalue weighted by atomic mass is 16.3. The summed E-state index contributed by atoms with van der Waals surface area (Å²) >= 11 is 0. The Balaban J connectivity index is 1.31. The van der Waals surface area contributed by atoms with Gasteiger partial charge in [0.2, 0.25) is 5.91 Å². The Kier molecular flexibility index (Phi) is 7.40. The predicted octanol–water partition coefficient (Wildman–Crippen LogP) is 4.30. The van der Waals surface area contributed by atoms with Gasteiger partial charge in [0.1, 0.15) is 11.7 Å². The lowest BCUT2D eigenvalue weighted by Gasteiger charge is -2.28. The van der Waals surface area contributed by atoms with Gasteiger partial charge in [-0.05, 0) is 41.0 Å². The second-order valence-corrected chi connectivity index (χ2v) is 10.1. The largest absolute Gasteiger partial charge is 0.368 e. The minimum absolute atomic E-state index is 0.348. The van der Waals surface area contributed by atoms with E-state index in [-0.39, 0.29) is 5.91 Å². The first kappa shape index (κ1) is 26.8. The van der Waals surface area contributed by atoms with Crippen LogP contribution in [-0.2, 0) is 11.8 Å². The number of nitrogens with zero attached hydrogens (tertiary/aromatic N) is 2. The van der Waals surface area contributed by atoms with Crippen LogP contribution in [0.15, 0.2) is 116 Å². The molecule has 0 fully saturated rings. The van der Waals surface area contributed by atoms with E-state index in [4.69, 9.17) is 0 Å². The number of aryl methyl sites for hydroxylation is 1. The van der Waals surface area contributed by atoms with Crippen molar-refractivity contribution in [3.05, 3.63) is 149 Å². The molecule has 3 aromatic carbocycles. The maximum absolute atomic E-state index is 14.0. The molecule has 5 aromatic rings. The molecule has 1 aliphatic heterocycles. The molecule has 1 aliphatic rings. The second kappa shape index (κ2) is 11.6. The Labute approximate surface area is 242 Å². The zero-order valence-electron chi connectivity index (χ0n) is 22.9. The van der Waals surface area contributed by atoms with E-state index in [0.717, 1.165) is 27.8 Å². The van der Waals surface area contributed by atoms with E-state index in [1.165, 1.54) is 4.68 Å². The molecule has 0 radical (unpaired) electrons. The number of aromatic amines is 1. The zero-order chi connectivity index (χ0) is 29.1. The minimum Gasteiger partial charge on any atom is -0.368 e. The Morgan fingerprint density at radius 1 is 0.905 bits per heavy atom. The van der Waals surface area contributed by atoms with Crippen LogP contribution in [0.4, 0.5) is 5.69 Å². The molecule has 210 valence electrons. The third-order valence-electron chi connectivity index (χ3n) is 7.46. The van der Waals surface area contributed by atoms with E-state index in [1.54, 1.807) is 31.7 Å². The van der Waals surface area contributed by atoms with E-state index in [9.17, 15) is 14.7 Å². The van der Waals surface area contributed by atoms with Gasteiger partial charge in [-0.2, -0.15) is 5.10 Å². The van der Waals surface area contributed by atoms with Gasteiger partial charge in [0.25, 0.3) is 5.91 Å². The van der Waals surface area contributed by atoms with E-state index in [1.807, 2.05) is 91.0 Å². The summed E-state index contributed by atoms with van der Waals surface area (Å²) in [6.07, 6.45) is 4.33. The quantitative estimate of drug-likeness (QED) is 0.194. The van der Waals surface area contributed by atoms with Gasteiger partial charge in [0.15, 0.2) is 6.23 Å². The van der Waals surface area contributed by atoms with Gasteiger partial charge in [-0.1, -0.05) is 72.8 Å². The number of fused-ring (bicyclic) bond motifs is 1. The lowest BCUT2D eigenvalue weighted by atomic mass is 9.84. The smallest absolute Gasteiger partial charge is 0.270 e. The number of rotatable bonds is 8. The van der Waals surface area contributed by atoms with E-state index in [2.05, 4.69) is 26.0 Å². The highest BCUT2D eigenvalue weighted by Gasteiger charge is 2.33. The number of carbonyl (C=O) groups excluding carboxylic acids is 2. The Morgan fingerprint density at radius 3 is 2.19 bits per heavy atom. The summed E-state index contributed by atoms with van der Waals surface area (Å²) < 4.78 is 1.48. The number of anilines is 1. The fourth-order valence-corrected chi connectivity index (χ4v) is 5.37. The summed E-state index contributed by atoms with van der Waals surface area (Å²) in [6, 6.07) is 29.4. The van der Waals surface area contributed by atoms with Crippen LogP contribution >= 0.6 is 0 Å². The van der Waals surface area contributed by atoms with Gasteiger partial charge in [-0.3, -0.25) is 14.3 Å². The van der Waals surface area contributed by atoms with Gasteiger partial charge >= 0.3 is 0 Å². The topological polar surface area (TPSA) is 124 Å². The van der Waals surface area contributed by atoms with Crippen molar-refractivity contribution in [3.8, 4) is 0 Å². The van der Waals surface area contributed by atoms with E-state index in [0.29, 0.717) is 17.1 Å². The maximum Gasteiger partial charge on any atom is 0.270 e. The number of benzene rings is 3. The van der Waals surface area contributed by atoms with E-state index < -0.39 is 24.1 Å². The third-order valence-corrected chi connectivity index (χ3v) is 7.46. The lowest BCUT2D eigenvalue weighted by molar-refractivity contribution is -0.118. The van der Waals surface area contributed by atoms with Gasteiger partial charge < -0.3 is 26.0 Å². The van der Waals surface area contributed by atoms with Crippen molar-refractivity contribution in [2.45, 2.75) is 18.2 Å². The summed E-state index contributed by atoms with van der Waals surface area (Å²) in [7, 11) is 1.69. The molecule has 2 atom stereocenters. The number of aliphatic hydroxyl groups excluding tert-OH is 1. The average Bonchev–Trinajstić information content (AvgIpc) is 3.69. The number of aromatic nitrogens is 3. The summed E-state index contributed by atoms with van der Waals surface area (Å²) in [5.41, 5.74) is 6.17. The van der Waals surface area contributed by atoms with Crippen molar-refractivity contribution in [3.63, 3.8) is 0 Å². The van der Waals surface area contributed by atoms with Crippen molar-refractivity contribution in [1.82, 2.24) is 25.4 Å². The van der Waals surface area contributed by atoms with Gasteiger partial charge in [0, 0.05) is 48.4 Å². The van der Waals surface area contributed by atoms with Gasteiger partial charge in [-0.15, -0.1) is 0 Å². The number of aliphatic hydroxyl groups is 1. The van der Waals surface area contributed by atoms with Gasteiger partial charge in [0.05, 0.1) is 5.69 Å². The summed E-state index contributed by atoms with van der Waals surface area (Å²) in [6.45, 7) is 0. The number of hydrogen-bond acceptors (Lipinski definition) is 5. The minimum atomic E-state index is -0.939. The number of hydrogen-bond donors (Lipinski definition) is 5. The monoisotopic (exact) mass is 558 g/mol. The summed E-state index contributed by atoms with van der Waals surface area (Å²) in [4.78, 5) is 30.5. The number of amides is 2. The molecule has 2 amide bonds. The van der Waals surface area contributed by atoms with Crippen molar-refractivity contribution < 1.29 is 14.7 Å². The molecule has 9 heteroatoms. The van der Waals surface area contributed by atoms with Gasteiger partial charge in [-0.25, -0.2) is 0 Å². The highest BCUT2D eigenvalue weighted by Crippen LogP contribution is 2.33. The molecule has 0 bridgehead atoms. The first-order valence-corrected chi connectivity index (χ1v) is 13.6. The fraction of sp³-hybridized carbons (Fsp3) is 0.121. The van der Waals surface area contributed by atoms with E-state index >= 15 is 0 Å². The Morgan fingerprint density at radius 2 is 1.57 bits per heavy atom. The normalized spacial score (nSPS) is 14.8. The maximum atomic E-state index is 14.0. The Hall–Kier alpha value is -5.41. The molecule has 0 spiro atoms. The molecule has 0 saturated heterocycles. The van der Waals surface area contributed by atoms with Crippen molar-refractivity contribution in [2.24, 2.45) is 7.05 Å². The lowest BCUT2D eigenvalue weighted by Crippen LogP contribution is -2.48. The predicted molar refractivity (Wildman–Crippen MR) is 160 cm³/mol. The molecule has 5 N–H and O–H groups in total. The van der Waals surface area contributed by atoms with Crippen LogP contribution < -0.4 is 16.0 Å². The number of carbonyl (C=O) groups is 2. The van der Waals surface area contributed by atoms with Crippen LogP contribution in [0, 0.1) is 0 Å². The van der Waals surface area contributed by atoms with Crippen LogP contribution in [0.1, 0.15) is 50.6 Å². The average molecular weight is 559 g/mol. The molecule has 1 unspecified atom stereocenters. The van der Waals surface area contributed by atoms with Crippen molar-refractivity contribution in [2.75, 3.05) is 5.32 Å². The third kappa shape index (κ3) is 5.33. The first-order chi connectivity index (χ1) is 20.5. The highest BCUT2D eigenvalue weighted by molar-refractivity contribution is 6.01. The van der Waals surface area contributed by atoms with Crippen LogP contribution in [0.2, 0.25) is 0 Å². The van der Waals surface area contributed by atoms with Crippen LogP contribution in [-0.4, -0.2) is 37.7 Å². The molecule has 42 heavy (non-hydrogen) atoms.